The van der Waals surface area contributed by atoms with Crippen LogP contribution in [0.15, 0.2) is 61.1 Å². The molecule has 1 amide bonds. The van der Waals surface area contributed by atoms with Crippen LogP contribution in [0.1, 0.15) is 11.1 Å². The second kappa shape index (κ2) is 8.29. The highest BCUT2D eigenvalue weighted by atomic mass is 19.4. The number of amides is 1. The van der Waals surface area contributed by atoms with E-state index in [1.807, 2.05) is 23.9 Å². The summed E-state index contributed by atoms with van der Waals surface area (Å²) in [6, 6.07) is 10.8. The molecule has 0 aliphatic heterocycles. The predicted molar refractivity (Wildman–Crippen MR) is 112 cm³/mol. The number of benzene rings is 2. The van der Waals surface area contributed by atoms with Crippen molar-refractivity contribution in [2.24, 2.45) is 7.05 Å². The zero-order valence-electron chi connectivity index (χ0n) is 16.7. The fraction of sp³-hybridized carbons (Fsp3) is 0.136. The molecule has 0 aliphatic rings. The minimum atomic E-state index is -4.64. The Labute approximate surface area is 179 Å². The normalized spacial score (nSPS) is 11.5. The number of halogens is 4. The number of hydrogen-bond acceptors (Lipinski definition) is 4. The Morgan fingerprint density at radius 2 is 1.75 bits per heavy atom. The third kappa shape index (κ3) is 4.53. The van der Waals surface area contributed by atoms with Crippen LogP contribution in [-0.2, 0) is 24.4 Å². The van der Waals surface area contributed by atoms with Crippen LogP contribution in [0.25, 0.3) is 11.0 Å². The SMILES string of the molecule is Cn1ccc2c(Nc3ccc(NC(=O)Cc4ccc(C(F)(F)F)cc4F)cc3)ncnc21. The molecule has 0 aliphatic carbocycles. The van der Waals surface area contributed by atoms with E-state index in [2.05, 4.69) is 20.6 Å². The zero-order valence-corrected chi connectivity index (χ0v) is 16.7. The molecule has 2 N–H and O–H groups in total. The number of aromatic nitrogens is 3. The van der Waals surface area contributed by atoms with E-state index in [-0.39, 0.29) is 5.56 Å². The largest absolute Gasteiger partial charge is 0.416 e. The second-order valence-corrected chi connectivity index (χ2v) is 7.12. The van der Waals surface area contributed by atoms with E-state index < -0.39 is 29.9 Å². The van der Waals surface area contributed by atoms with E-state index in [9.17, 15) is 22.4 Å². The van der Waals surface area contributed by atoms with Gasteiger partial charge in [-0.25, -0.2) is 14.4 Å². The summed E-state index contributed by atoms with van der Waals surface area (Å²) in [5.74, 6) is -0.997. The lowest BCUT2D eigenvalue weighted by Gasteiger charge is -2.10. The Morgan fingerprint density at radius 1 is 1.03 bits per heavy atom. The fourth-order valence-electron chi connectivity index (χ4n) is 3.20. The number of carbonyl (C=O) groups excluding carboxylic acids is 1. The van der Waals surface area contributed by atoms with Crippen molar-refractivity contribution in [3.8, 4) is 0 Å². The predicted octanol–water partition coefficient (Wildman–Crippen LogP) is 5.05. The summed E-state index contributed by atoms with van der Waals surface area (Å²) in [4.78, 5) is 20.7. The summed E-state index contributed by atoms with van der Waals surface area (Å²) in [5.41, 5.74) is 0.742. The summed E-state index contributed by atoms with van der Waals surface area (Å²) in [6.45, 7) is 0. The molecule has 2 heterocycles. The molecule has 6 nitrogen and oxygen atoms in total. The molecular weight excluding hydrogens is 426 g/mol. The third-order valence-electron chi connectivity index (χ3n) is 4.82. The molecule has 10 heteroatoms. The van der Waals surface area contributed by atoms with Gasteiger partial charge < -0.3 is 15.2 Å². The smallest absolute Gasteiger partial charge is 0.340 e. The van der Waals surface area contributed by atoms with Crippen LogP contribution in [0.5, 0.6) is 0 Å². The molecule has 2 aromatic carbocycles. The van der Waals surface area contributed by atoms with Crippen LogP contribution in [-0.4, -0.2) is 20.4 Å². The molecule has 32 heavy (non-hydrogen) atoms. The molecule has 164 valence electrons. The van der Waals surface area contributed by atoms with E-state index in [0.717, 1.165) is 28.9 Å². The van der Waals surface area contributed by atoms with Crippen molar-refractivity contribution in [3.63, 3.8) is 0 Å². The first-order valence-corrected chi connectivity index (χ1v) is 9.49. The lowest BCUT2D eigenvalue weighted by molar-refractivity contribution is -0.137. The number of hydrogen-bond donors (Lipinski definition) is 2. The highest BCUT2D eigenvalue weighted by molar-refractivity contribution is 5.93. The molecule has 0 saturated heterocycles. The number of aryl methyl sites for hydroxylation is 1. The zero-order chi connectivity index (χ0) is 22.9. The number of nitrogens with one attached hydrogen (secondary N) is 2. The van der Waals surface area contributed by atoms with Gasteiger partial charge in [0.1, 0.15) is 23.6 Å². The first-order valence-electron chi connectivity index (χ1n) is 9.49. The minimum Gasteiger partial charge on any atom is -0.340 e. The lowest BCUT2D eigenvalue weighted by Crippen LogP contribution is -2.15. The maximum Gasteiger partial charge on any atom is 0.416 e. The average molecular weight is 443 g/mol. The van der Waals surface area contributed by atoms with Crippen LogP contribution in [0, 0.1) is 5.82 Å². The highest BCUT2D eigenvalue weighted by Crippen LogP contribution is 2.30. The summed E-state index contributed by atoms with van der Waals surface area (Å²) in [7, 11) is 1.88. The molecule has 0 bridgehead atoms. The minimum absolute atomic E-state index is 0.121. The molecule has 0 saturated carbocycles. The molecular formula is C22H17F4N5O. The van der Waals surface area contributed by atoms with Crippen molar-refractivity contribution in [3.05, 3.63) is 78.0 Å². The van der Waals surface area contributed by atoms with Crippen molar-refractivity contribution < 1.29 is 22.4 Å². The molecule has 0 fully saturated rings. The van der Waals surface area contributed by atoms with Crippen LogP contribution in [0.2, 0.25) is 0 Å². The Hall–Kier alpha value is -3.95. The average Bonchev–Trinajstić information content (AvgIpc) is 3.12. The van der Waals surface area contributed by atoms with Gasteiger partial charge in [0.25, 0.3) is 0 Å². The molecule has 0 radical (unpaired) electrons. The summed E-state index contributed by atoms with van der Waals surface area (Å²) >= 11 is 0. The Kier molecular flexibility index (Phi) is 5.52. The van der Waals surface area contributed by atoms with Gasteiger partial charge in [0.05, 0.1) is 17.4 Å². The Balaban J connectivity index is 1.41. The van der Waals surface area contributed by atoms with Crippen molar-refractivity contribution in [2.45, 2.75) is 12.6 Å². The van der Waals surface area contributed by atoms with Gasteiger partial charge in [0.2, 0.25) is 5.91 Å². The summed E-state index contributed by atoms with van der Waals surface area (Å²) in [6.07, 6.45) is -1.70. The van der Waals surface area contributed by atoms with Crippen LogP contribution < -0.4 is 10.6 Å². The Bertz CT molecular complexity index is 1280. The highest BCUT2D eigenvalue weighted by Gasteiger charge is 2.31. The van der Waals surface area contributed by atoms with Gasteiger partial charge in [-0.05, 0) is 48.0 Å². The van der Waals surface area contributed by atoms with Crippen LogP contribution in [0.3, 0.4) is 0 Å². The van der Waals surface area contributed by atoms with Crippen LogP contribution in [0.4, 0.5) is 34.8 Å². The number of rotatable bonds is 5. The van der Waals surface area contributed by atoms with Gasteiger partial charge in [-0.15, -0.1) is 0 Å². The number of alkyl halides is 3. The standard InChI is InChI=1S/C22H17F4N5O/c1-31-9-8-17-20(27-12-28-21(17)31)30-16-6-4-15(5-7-16)29-19(32)10-13-2-3-14(11-18(13)23)22(24,25)26/h2-9,11-12H,10H2,1H3,(H,29,32)(H,27,28,30). The Morgan fingerprint density at radius 3 is 2.44 bits per heavy atom. The second-order valence-electron chi connectivity index (χ2n) is 7.12. The third-order valence-corrected chi connectivity index (χ3v) is 4.82. The molecule has 4 rings (SSSR count). The van der Waals surface area contributed by atoms with E-state index in [0.29, 0.717) is 17.6 Å². The van der Waals surface area contributed by atoms with E-state index >= 15 is 0 Å². The number of carbonyl (C=O) groups is 1. The van der Waals surface area contributed by atoms with Crippen molar-refractivity contribution >= 4 is 34.1 Å². The molecule has 4 aromatic rings. The van der Waals surface area contributed by atoms with Gasteiger partial charge in [-0.2, -0.15) is 13.2 Å². The maximum atomic E-state index is 14.0. The van der Waals surface area contributed by atoms with E-state index in [1.165, 1.54) is 6.33 Å². The van der Waals surface area contributed by atoms with Crippen LogP contribution >= 0.6 is 0 Å². The van der Waals surface area contributed by atoms with Gasteiger partial charge in [0, 0.05) is 24.6 Å². The number of nitrogens with zero attached hydrogens (tertiary/aromatic N) is 3. The van der Waals surface area contributed by atoms with E-state index in [4.69, 9.17) is 0 Å². The van der Waals surface area contributed by atoms with Crippen molar-refractivity contribution in [1.29, 1.82) is 0 Å². The topological polar surface area (TPSA) is 71.8 Å². The van der Waals surface area contributed by atoms with Gasteiger partial charge in [-0.1, -0.05) is 6.07 Å². The molecule has 2 aromatic heterocycles. The van der Waals surface area contributed by atoms with Crippen molar-refractivity contribution in [2.75, 3.05) is 10.6 Å². The summed E-state index contributed by atoms with van der Waals surface area (Å²) in [5, 5.41) is 6.64. The number of fused-ring (bicyclic) bond motifs is 1. The first-order chi connectivity index (χ1) is 15.2. The maximum absolute atomic E-state index is 14.0. The lowest BCUT2D eigenvalue weighted by atomic mass is 10.1. The first kappa shape index (κ1) is 21.3. The fourth-order valence-corrected chi connectivity index (χ4v) is 3.20. The summed E-state index contributed by atoms with van der Waals surface area (Å²) < 4.78 is 53.7. The molecule has 0 atom stereocenters. The van der Waals surface area contributed by atoms with Gasteiger partial charge in [0.15, 0.2) is 0 Å². The van der Waals surface area contributed by atoms with Gasteiger partial charge in [-0.3, -0.25) is 4.79 Å². The quantitative estimate of drug-likeness (QED) is 0.424. The van der Waals surface area contributed by atoms with Gasteiger partial charge >= 0.3 is 6.18 Å². The number of anilines is 3. The van der Waals surface area contributed by atoms with E-state index in [1.54, 1.807) is 24.3 Å². The van der Waals surface area contributed by atoms with Crippen molar-refractivity contribution in [1.82, 2.24) is 14.5 Å². The monoisotopic (exact) mass is 443 g/mol. The molecule has 0 unspecified atom stereocenters. The molecule has 0 spiro atoms.